The van der Waals surface area contributed by atoms with Crippen LogP contribution in [0.2, 0.25) is 0 Å². The van der Waals surface area contributed by atoms with Crippen molar-refractivity contribution in [2.24, 2.45) is 0 Å². The van der Waals surface area contributed by atoms with Crippen LogP contribution in [-0.2, 0) is 17.9 Å². The molecule has 4 rings (SSSR count). The molecule has 0 spiro atoms. The van der Waals surface area contributed by atoms with Gasteiger partial charge in [-0.2, -0.15) is 0 Å². The number of carbonyl (C=O) groups excluding carboxylic acids is 1. The van der Waals surface area contributed by atoms with Crippen molar-refractivity contribution in [3.05, 3.63) is 76.9 Å². The Balaban J connectivity index is 1.32. The average Bonchev–Trinajstić information content (AvgIpc) is 2.77. The van der Waals surface area contributed by atoms with Gasteiger partial charge in [0, 0.05) is 38.3 Å². The number of phenolic OH excluding ortho intramolecular Hbond substituents is 1. The van der Waals surface area contributed by atoms with Gasteiger partial charge in [-0.25, -0.2) is 0 Å². The summed E-state index contributed by atoms with van der Waals surface area (Å²) in [6.07, 6.45) is 1.85. The molecule has 31 heavy (non-hydrogen) atoms. The maximum Gasteiger partial charge on any atom is 0.251 e. The maximum absolute atomic E-state index is 12.5. The number of phenols is 1. The maximum atomic E-state index is 12.5. The summed E-state index contributed by atoms with van der Waals surface area (Å²) in [6, 6.07) is 18.4. The van der Waals surface area contributed by atoms with E-state index in [1.54, 1.807) is 19.2 Å². The first-order valence-corrected chi connectivity index (χ1v) is 10.8. The van der Waals surface area contributed by atoms with Gasteiger partial charge in [-0.05, 0) is 71.5 Å². The Labute approximate surface area is 183 Å². The Bertz CT molecular complexity index is 1070. The zero-order chi connectivity index (χ0) is 21.8. The SMILES string of the molecule is COCc1ccc2ccc(CN3CCC(NC(=O)c4ccc(C)c(O)c4)CC3)cc2c1. The zero-order valence-electron chi connectivity index (χ0n) is 18.2. The molecule has 0 atom stereocenters. The fourth-order valence-corrected chi connectivity index (χ4v) is 4.21. The van der Waals surface area contributed by atoms with Gasteiger partial charge in [0.05, 0.1) is 6.61 Å². The molecule has 1 fully saturated rings. The minimum Gasteiger partial charge on any atom is -0.508 e. The number of methoxy groups -OCH3 is 1. The Hall–Kier alpha value is -2.89. The van der Waals surface area contributed by atoms with Gasteiger partial charge in [0.15, 0.2) is 0 Å². The number of carbonyl (C=O) groups is 1. The minimum absolute atomic E-state index is 0.116. The molecule has 0 bridgehead atoms. The first-order chi connectivity index (χ1) is 15.0. The van der Waals surface area contributed by atoms with Crippen molar-refractivity contribution in [3.8, 4) is 5.75 Å². The van der Waals surface area contributed by atoms with Crippen LogP contribution in [0.4, 0.5) is 0 Å². The highest BCUT2D eigenvalue weighted by atomic mass is 16.5. The first kappa shape index (κ1) is 21.3. The highest BCUT2D eigenvalue weighted by molar-refractivity contribution is 5.94. The second-order valence-corrected chi connectivity index (χ2v) is 8.47. The molecule has 0 aliphatic carbocycles. The van der Waals surface area contributed by atoms with Crippen LogP contribution in [-0.4, -0.2) is 42.2 Å². The number of hydrogen-bond acceptors (Lipinski definition) is 4. The van der Waals surface area contributed by atoms with Crippen molar-refractivity contribution in [3.63, 3.8) is 0 Å². The average molecular weight is 419 g/mol. The highest BCUT2D eigenvalue weighted by Gasteiger charge is 2.21. The highest BCUT2D eigenvalue weighted by Crippen LogP contribution is 2.22. The van der Waals surface area contributed by atoms with Crippen molar-refractivity contribution in [2.45, 2.75) is 39.0 Å². The van der Waals surface area contributed by atoms with Crippen LogP contribution in [0.1, 0.15) is 39.9 Å². The molecule has 0 aromatic heterocycles. The van der Waals surface area contributed by atoms with Crippen LogP contribution in [0.25, 0.3) is 10.8 Å². The number of hydrogen-bond donors (Lipinski definition) is 2. The number of aromatic hydroxyl groups is 1. The summed E-state index contributed by atoms with van der Waals surface area (Å²) in [5.41, 5.74) is 3.77. The van der Waals surface area contributed by atoms with Gasteiger partial charge < -0.3 is 15.2 Å². The minimum atomic E-state index is -0.116. The quantitative estimate of drug-likeness (QED) is 0.623. The van der Waals surface area contributed by atoms with E-state index in [-0.39, 0.29) is 17.7 Å². The Kier molecular flexibility index (Phi) is 6.54. The van der Waals surface area contributed by atoms with E-state index in [1.165, 1.54) is 28.0 Å². The molecule has 0 radical (unpaired) electrons. The third-order valence-corrected chi connectivity index (χ3v) is 6.08. The molecule has 0 saturated carbocycles. The molecule has 5 heteroatoms. The summed E-state index contributed by atoms with van der Waals surface area (Å²) in [5.74, 6) is 0.0438. The van der Waals surface area contributed by atoms with E-state index in [9.17, 15) is 9.90 Å². The lowest BCUT2D eigenvalue weighted by molar-refractivity contribution is 0.0908. The van der Waals surface area contributed by atoms with Crippen LogP contribution in [0, 0.1) is 6.92 Å². The van der Waals surface area contributed by atoms with Crippen LogP contribution >= 0.6 is 0 Å². The summed E-state index contributed by atoms with van der Waals surface area (Å²) in [5, 5.41) is 15.5. The number of benzene rings is 3. The molecule has 2 N–H and O–H groups in total. The monoisotopic (exact) mass is 418 g/mol. The van der Waals surface area contributed by atoms with Crippen molar-refractivity contribution in [1.82, 2.24) is 10.2 Å². The fourth-order valence-electron chi connectivity index (χ4n) is 4.21. The molecule has 1 heterocycles. The number of nitrogens with zero attached hydrogens (tertiary/aromatic N) is 1. The van der Waals surface area contributed by atoms with Crippen LogP contribution in [0.5, 0.6) is 5.75 Å². The van der Waals surface area contributed by atoms with E-state index in [0.29, 0.717) is 12.2 Å². The Morgan fingerprint density at radius 2 is 1.74 bits per heavy atom. The molecule has 1 aliphatic heterocycles. The molecule has 1 aliphatic rings. The lowest BCUT2D eigenvalue weighted by atomic mass is 10.0. The largest absolute Gasteiger partial charge is 0.508 e. The molecule has 3 aromatic rings. The zero-order valence-corrected chi connectivity index (χ0v) is 18.2. The smallest absolute Gasteiger partial charge is 0.251 e. The number of nitrogens with one attached hydrogen (secondary N) is 1. The second kappa shape index (κ2) is 9.50. The second-order valence-electron chi connectivity index (χ2n) is 8.47. The van der Waals surface area contributed by atoms with Gasteiger partial charge in [-0.3, -0.25) is 9.69 Å². The molecule has 1 amide bonds. The molecule has 0 unspecified atom stereocenters. The van der Waals surface area contributed by atoms with Gasteiger partial charge in [0.25, 0.3) is 5.91 Å². The van der Waals surface area contributed by atoms with Gasteiger partial charge in [-0.15, -0.1) is 0 Å². The van der Waals surface area contributed by atoms with Gasteiger partial charge in [-0.1, -0.05) is 30.3 Å². The third-order valence-electron chi connectivity index (χ3n) is 6.08. The number of ether oxygens (including phenoxy) is 1. The topological polar surface area (TPSA) is 61.8 Å². The van der Waals surface area contributed by atoms with Crippen molar-refractivity contribution >= 4 is 16.7 Å². The Morgan fingerprint density at radius 1 is 1.03 bits per heavy atom. The number of amides is 1. The van der Waals surface area contributed by atoms with Crippen LogP contribution in [0.15, 0.2) is 54.6 Å². The Morgan fingerprint density at radius 3 is 2.45 bits per heavy atom. The number of fused-ring (bicyclic) bond motifs is 1. The summed E-state index contributed by atoms with van der Waals surface area (Å²) < 4.78 is 5.25. The van der Waals surface area contributed by atoms with Gasteiger partial charge in [0.1, 0.15) is 5.75 Å². The van der Waals surface area contributed by atoms with Crippen molar-refractivity contribution in [2.75, 3.05) is 20.2 Å². The van der Waals surface area contributed by atoms with E-state index in [2.05, 4.69) is 46.6 Å². The number of rotatable bonds is 6. The van der Waals surface area contributed by atoms with E-state index in [4.69, 9.17) is 4.74 Å². The molecular formula is C26H30N2O3. The summed E-state index contributed by atoms with van der Waals surface area (Å²) in [6.45, 7) is 5.26. The van der Waals surface area contributed by atoms with E-state index in [0.717, 1.165) is 38.0 Å². The third kappa shape index (κ3) is 5.24. The van der Waals surface area contributed by atoms with Crippen molar-refractivity contribution in [1.29, 1.82) is 0 Å². The molecule has 5 nitrogen and oxygen atoms in total. The lowest BCUT2D eigenvalue weighted by Gasteiger charge is -2.32. The molecule has 162 valence electrons. The predicted octanol–water partition coefficient (Wildman–Crippen LogP) is 4.39. The molecular weight excluding hydrogens is 388 g/mol. The molecule has 1 saturated heterocycles. The number of aryl methyl sites for hydroxylation is 1. The van der Waals surface area contributed by atoms with E-state index >= 15 is 0 Å². The number of piperidine rings is 1. The van der Waals surface area contributed by atoms with Crippen LogP contribution < -0.4 is 5.32 Å². The van der Waals surface area contributed by atoms with Crippen molar-refractivity contribution < 1.29 is 14.6 Å². The van der Waals surface area contributed by atoms with Gasteiger partial charge in [0.2, 0.25) is 0 Å². The summed E-state index contributed by atoms with van der Waals surface area (Å²) in [4.78, 5) is 14.9. The standard InChI is InChI=1S/C26H30N2O3/c1-18-3-6-22(15-25(18)29)26(30)27-24-9-11-28(12-10-24)16-19-4-7-21-8-5-20(17-31-2)14-23(21)13-19/h3-8,13-15,24,29H,9-12,16-17H2,1-2H3,(H,27,30). The lowest BCUT2D eigenvalue weighted by Crippen LogP contribution is -2.44. The molecule has 3 aromatic carbocycles. The van der Waals surface area contributed by atoms with Crippen LogP contribution in [0.3, 0.4) is 0 Å². The van der Waals surface area contributed by atoms with Gasteiger partial charge >= 0.3 is 0 Å². The predicted molar refractivity (Wildman–Crippen MR) is 123 cm³/mol. The first-order valence-electron chi connectivity index (χ1n) is 10.8. The fraction of sp³-hybridized carbons (Fsp3) is 0.346. The summed E-state index contributed by atoms with van der Waals surface area (Å²) in [7, 11) is 1.72. The van der Waals surface area contributed by atoms with E-state index < -0.39 is 0 Å². The summed E-state index contributed by atoms with van der Waals surface area (Å²) >= 11 is 0. The number of likely N-dealkylation sites (tertiary alicyclic amines) is 1. The van der Waals surface area contributed by atoms with E-state index in [1.807, 2.05) is 6.92 Å². The normalized spacial score (nSPS) is 15.3.